The predicted molar refractivity (Wildman–Crippen MR) is 41.2 cm³/mol. The van der Waals surface area contributed by atoms with Gasteiger partial charge in [0.25, 0.3) is 0 Å². The van der Waals surface area contributed by atoms with Gasteiger partial charge in [-0.1, -0.05) is 6.42 Å². The standard InChI is InChI=1S/C9H12O2/c10-8-5-9(11)7-3-1-2-6(8)4-7/h5-7,10H,1-4H2/t6-,7+/m0/s1. The van der Waals surface area contributed by atoms with Crippen LogP contribution in [0.2, 0.25) is 0 Å². The van der Waals surface area contributed by atoms with E-state index in [9.17, 15) is 9.90 Å². The Morgan fingerprint density at radius 3 is 2.91 bits per heavy atom. The molecule has 0 radical (unpaired) electrons. The van der Waals surface area contributed by atoms with Gasteiger partial charge in [-0.05, 0) is 19.3 Å². The van der Waals surface area contributed by atoms with E-state index in [0.29, 0.717) is 11.7 Å². The zero-order chi connectivity index (χ0) is 7.84. The minimum absolute atomic E-state index is 0.137. The van der Waals surface area contributed by atoms with Gasteiger partial charge in [-0.2, -0.15) is 0 Å². The van der Waals surface area contributed by atoms with Crippen LogP contribution in [-0.4, -0.2) is 10.9 Å². The molecule has 2 bridgehead atoms. The van der Waals surface area contributed by atoms with Crippen LogP contribution in [0.15, 0.2) is 11.8 Å². The highest BCUT2D eigenvalue weighted by Gasteiger charge is 2.32. The summed E-state index contributed by atoms with van der Waals surface area (Å²) in [5.74, 6) is 0.987. The number of hydrogen-bond donors (Lipinski definition) is 1. The molecule has 0 aromatic heterocycles. The lowest BCUT2D eigenvalue weighted by molar-refractivity contribution is -0.120. The van der Waals surface area contributed by atoms with Crippen molar-refractivity contribution in [2.45, 2.75) is 25.7 Å². The zero-order valence-electron chi connectivity index (χ0n) is 6.42. The molecule has 1 fully saturated rings. The van der Waals surface area contributed by atoms with Gasteiger partial charge >= 0.3 is 0 Å². The minimum atomic E-state index is 0.137. The largest absolute Gasteiger partial charge is 0.512 e. The van der Waals surface area contributed by atoms with Gasteiger partial charge in [0, 0.05) is 17.9 Å². The lowest BCUT2D eigenvalue weighted by Crippen LogP contribution is -2.27. The van der Waals surface area contributed by atoms with Crippen molar-refractivity contribution in [3.8, 4) is 0 Å². The lowest BCUT2D eigenvalue weighted by Gasteiger charge is -2.30. The first-order chi connectivity index (χ1) is 5.27. The highest BCUT2D eigenvalue weighted by molar-refractivity contribution is 5.93. The van der Waals surface area contributed by atoms with Crippen molar-refractivity contribution in [1.29, 1.82) is 0 Å². The maximum atomic E-state index is 11.2. The monoisotopic (exact) mass is 152 g/mol. The maximum absolute atomic E-state index is 11.2. The van der Waals surface area contributed by atoms with Crippen molar-refractivity contribution in [3.05, 3.63) is 11.8 Å². The van der Waals surface area contributed by atoms with E-state index in [-0.39, 0.29) is 11.7 Å². The summed E-state index contributed by atoms with van der Waals surface area (Å²) in [6.07, 6.45) is 5.50. The van der Waals surface area contributed by atoms with Crippen LogP contribution in [-0.2, 0) is 4.79 Å². The van der Waals surface area contributed by atoms with Crippen LogP contribution in [0.3, 0.4) is 0 Å². The summed E-state index contributed by atoms with van der Waals surface area (Å²) in [6.45, 7) is 0. The molecule has 2 rings (SSSR count). The van der Waals surface area contributed by atoms with Crippen LogP contribution in [0.4, 0.5) is 0 Å². The number of carbonyl (C=O) groups excluding carboxylic acids is 1. The summed E-state index contributed by atoms with van der Waals surface area (Å²) in [5.41, 5.74) is 0. The molecule has 60 valence electrons. The van der Waals surface area contributed by atoms with E-state index in [4.69, 9.17) is 0 Å². The van der Waals surface area contributed by atoms with Gasteiger partial charge in [-0.25, -0.2) is 0 Å². The molecule has 2 aliphatic rings. The molecule has 0 saturated heterocycles. The molecule has 1 saturated carbocycles. The molecular weight excluding hydrogens is 140 g/mol. The van der Waals surface area contributed by atoms with Gasteiger partial charge in [-0.15, -0.1) is 0 Å². The SMILES string of the molecule is O=C1C=C(O)[C@H]2CCC[C@@H]1C2. The van der Waals surface area contributed by atoms with Gasteiger partial charge in [0.1, 0.15) is 0 Å². The molecule has 0 aliphatic heterocycles. The highest BCUT2D eigenvalue weighted by atomic mass is 16.3. The number of hydrogen-bond acceptors (Lipinski definition) is 2. The second-order valence-corrected chi connectivity index (χ2v) is 3.53. The Kier molecular flexibility index (Phi) is 1.48. The van der Waals surface area contributed by atoms with Gasteiger partial charge in [-0.3, -0.25) is 4.79 Å². The van der Waals surface area contributed by atoms with E-state index in [1.807, 2.05) is 0 Å². The summed E-state index contributed by atoms with van der Waals surface area (Å²) in [5, 5.41) is 9.33. The smallest absolute Gasteiger partial charge is 0.162 e. The summed E-state index contributed by atoms with van der Waals surface area (Å²) in [6, 6.07) is 0. The van der Waals surface area contributed by atoms with Crippen molar-refractivity contribution in [2.24, 2.45) is 11.8 Å². The molecular formula is C9H12O2. The number of allylic oxidation sites excluding steroid dienone is 2. The predicted octanol–water partition coefficient (Wildman–Crippen LogP) is 1.82. The summed E-state index contributed by atoms with van der Waals surface area (Å²) >= 11 is 0. The van der Waals surface area contributed by atoms with Crippen molar-refractivity contribution in [3.63, 3.8) is 0 Å². The van der Waals surface area contributed by atoms with E-state index in [1.165, 1.54) is 6.08 Å². The van der Waals surface area contributed by atoms with Crippen molar-refractivity contribution < 1.29 is 9.90 Å². The van der Waals surface area contributed by atoms with Crippen molar-refractivity contribution >= 4 is 5.78 Å². The number of aliphatic hydroxyl groups excluding tert-OH is 1. The van der Waals surface area contributed by atoms with Crippen molar-refractivity contribution in [1.82, 2.24) is 0 Å². The third-order valence-electron chi connectivity index (χ3n) is 2.78. The van der Waals surface area contributed by atoms with Crippen LogP contribution >= 0.6 is 0 Å². The normalized spacial score (nSPS) is 36.7. The Hall–Kier alpha value is -0.790. The average molecular weight is 152 g/mol. The first-order valence-corrected chi connectivity index (χ1v) is 4.22. The third-order valence-corrected chi connectivity index (χ3v) is 2.78. The van der Waals surface area contributed by atoms with Crippen molar-refractivity contribution in [2.75, 3.05) is 0 Å². The second kappa shape index (κ2) is 2.36. The van der Waals surface area contributed by atoms with Gasteiger partial charge < -0.3 is 5.11 Å². The Balaban J connectivity index is 2.27. The van der Waals surface area contributed by atoms with E-state index in [0.717, 1.165) is 25.7 Å². The number of fused-ring (bicyclic) bond motifs is 2. The van der Waals surface area contributed by atoms with Crippen LogP contribution in [0, 0.1) is 11.8 Å². The van der Waals surface area contributed by atoms with E-state index in [2.05, 4.69) is 0 Å². The first kappa shape index (κ1) is 6.89. The fourth-order valence-corrected chi connectivity index (χ4v) is 2.10. The van der Waals surface area contributed by atoms with Crippen LogP contribution in [0.25, 0.3) is 0 Å². The molecule has 0 aromatic carbocycles. The first-order valence-electron chi connectivity index (χ1n) is 4.22. The quantitative estimate of drug-likeness (QED) is 0.574. The van der Waals surface area contributed by atoms with E-state index in [1.54, 1.807) is 0 Å². The van der Waals surface area contributed by atoms with E-state index < -0.39 is 0 Å². The number of aliphatic hydroxyl groups is 1. The van der Waals surface area contributed by atoms with Crippen LogP contribution < -0.4 is 0 Å². The fraction of sp³-hybridized carbons (Fsp3) is 0.667. The van der Waals surface area contributed by atoms with Gasteiger partial charge in [0.05, 0.1) is 5.76 Å². The third kappa shape index (κ3) is 1.06. The molecule has 0 aromatic rings. The molecule has 0 amide bonds. The topological polar surface area (TPSA) is 37.3 Å². The Morgan fingerprint density at radius 2 is 2.09 bits per heavy atom. The Bertz CT molecular complexity index is 218. The minimum Gasteiger partial charge on any atom is -0.512 e. The number of carbonyl (C=O) groups is 1. The summed E-state index contributed by atoms with van der Waals surface area (Å²) in [7, 11) is 0. The lowest BCUT2D eigenvalue weighted by atomic mass is 9.74. The summed E-state index contributed by atoms with van der Waals surface area (Å²) < 4.78 is 0. The van der Waals surface area contributed by atoms with Crippen LogP contribution in [0.5, 0.6) is 0 Å². The molecule has 2 atom stereocenters. The Labute approximate surface area is 65.9 Å². The molecule has 0 heterocycles. The molecule has 0 spiro atoms. The molecule has 2 heteroatoms. The molecule has 2 nitrogen and oxygen atoms in total. The van der Waals surface area contributed by atoms with E-state index >= 15 is 0 Å². The number of rotatable bonds is 0. The number of ketones is 1. The molecule has 1 N–H and O–H groups in total. The molecule has 2 aliphatic carbocycles. The average Bonchev–Trinajstić information content (AvgIpc) is 2.02. The van der Waals surface area contributed by atoms with Gasteiger partial charge in [0.15, 0.2) is 5.78 Å². The zero-order valence-corrected chi connectivity index (χ0v) is 6.42. The van der Waals surface area contributed by atoms with Crippen LogP contribution in [0.1, 0.15) is 25.7 Å². The fourth-order valence-electron chi connectivity index (χ4n) is 2.10. The maximum Gasteiger partial charge on any atom is 0.162 e. The summed E-state index contributed by atoms with van der Waals surface area (Å²) in [4.78, 5) is 11.2. The Morgan fingerprint density at radius 1 is 1.36 bits per heavy atom. The second-order valence-electron chi connectivity index (χ2n) is 3.53. The molecule has 11 heavy (non-hydrogen) atoms. The molecule has 0 unspecified atom stereocenters. The van der Waals surface area contributed by atoms with Gasteiger partial charge in [0.2, 0.25) is 0 Å². The highest BCUT2D eigenvalue weighted by Crippen LogP contribution is 2.36.